The van der Waals surface area contributed by atoms with E-state index < -0.39 is 0 Å². The number of rotatable bonds is 0. The molecule has 3 heteroatoms. The van der Waals surface area contributed by atoms with Crippen LogP contribution in [-0.4, -0.2) is 10.1 Å². The summed E-state index contributed by atoms with van der Waals surface area (Å²) in [6.45, 7) is 0. The van der Waals surface area contributed by atoms with E-state index in [-0.39, 0.29) is 5.75 Å². The van der Waals surface area contributed by atoms with Crippen LogP contribution in [0.3, 0.4) is 0 Å². The number of pyridine rings is 1. The van der Waals surface area contributed by atoms with Crippen molar-refractivity contribution >= 4 is 33.5 Å². The van der Waals surface area contributed by atoms with Crippen molar-refractivity contribution in [2.75, 3.05) is 0 Å². The minimum Gasteiger partial charge on any atom is -0.505 e. The Kier molecular flexibility index (Phi) is 1.88. The zero-order chi connectivity index (χ0) is 8.55. The summed E-state index contributed by atoms with van der Waals surface area (Å²) in [4.78, 5) is 4.09. The van der Waals surface area contributed by atoms with Crippen molar-refractivity contribution in [1.29, 1.82) is 0 Å². The predicted octanol–water partition coefficient (Wildman–Crippen LogP) is 2.55. The molecule has 0 aliphatic heterocycles. The van der Waals surface area contributed by atoms with E-state index in [1.165, 1.54) is 0 Å². The van der Waals surface area contributed by atoms with Crippen LogP contribution < -0.4 is 0 Å². The van der Waals surface area contributed by atoms with Gasteiger partial charge < -0.3 is 5.11 Å². The van der Waals surface area contributed by atoms with E-state index in [1.54, 1.807) is 6.20 Å². The molecule has 0 fully saturated rings. The van der Waals surface area contributed by atoms with Gasteiger partial charge in [-0.3, -0.25) is 4.98 Å². The Bertz CT molecular complexity index is 428. The van der Waals surface area contributed by atoms with Crippen LogP contribution in [0, 0.1) is 3.57 Å². The largest absolute Gasteiger partial charge is 0.505 e. The lowest BCUT2D eigenvalue weighted by Gasteiger charge is -2.00. The second kappa shape index (κ2) is 2.90. The monoisotopic (exact) mass is 267 g/mol. The van der Waals surface area contributed by atoms with Gasteiger partial charge in [-0.1, -0.05) is 12.1 Å². The summed E-state index contributed by atoms with van der Waals surface area (Å²) < 4.78 is 0.832. The third kappa shape index (κ3) is 1.14. The number of aromatic hydroxyl groups is 1. The van der Waals surface area contributed by atoms with Crippen molar-refractivity contribution in [1.82, 2.24) is 4.98 Å². The van der Waals surface area contributed by atoms with Gasteiger partial charge in [0.25, 0.3) is 0 Å². The average Bonchev–Trinajstić information content (AvgIpc) is 2.12. The maximum absolute atomic E-state index is 9.59. The van der Waals surface area contributed by atoms with Gasteiger partial charge in [0.05, 0.1) is 3.57 Å². The number of phenols is 1. The van der Waals surface area contributed by atoms with Crippen molar-refractivity contribution in [2.24, 2.45) is 0 Å². The molecule has 0 spiro atoms. The highest BCUT2D eigenvalue weighted by molar-refractivity contribution is 14.1. The molecule has 2 aromatic rings. The summed E-state index contributed by atoms with van der Waals surface area (Å²) in [5.41, 5.74) is 0.671. The quantitative estimate of drug-likeness (QED) is 0.744. The molecule has 0 atom stereocenters. The van der Waals surface area contributed by atoms with E-state index >= 15 is 0 Å². The number of phenolic OH excluding ortho intramolecular Hbond substituents is 1. The lowest BCUT2D eigenvalue weighted by Crippen LogP contribution is -1.80. The standard InChI is InChI=1S/C9H6INO/c10-7-4-3-6-2-1-5-11-8(6)9(7)12/h1-5,12H/i10-4. The molecule has 1 aromatic carbocycles. The maximum atomic E-state index is 9.59. The molecule has 1 aromatic heterocycles. The van der Waals surface area contributed by atoms with Gasteiger partial charge in [0, 0.05) is 11.6 Å². The summed E-state index contributed by atoms with van der Waals surface area (Å²) in [5, 5.41) is 10.6. The van der Waals surface area contributed by atoms with Crippen molar-refractivity contribution < 1.29 is 5.11 Å². The average molecular weight is 267 g/mol. The van der Waals surface area contributed by atoms with Crippen LogP contribution in [0.5, 0.6) is 5.75 Å². The first kappa shape index (κ1) is 7.79. The van der Waals surface area contributed by atoms with Crippen LogP contribution in [0.25, 0.3) is 10.9 Å². The fourth-order valence-corrected chi connectivity index (χ4v) is 1.54. The van der Waals surface area contributed by atoms with Crippen LogP contribution in [-0.2, 0) is 0 Å². The van der Waals surface area contributed by atoms with Gasteiger partial charge in [-0.25, -0.2) is 0 Å². The normalized spacial score (nSPS) is 10.4. The van der Waals surface area contributed by atoms with Gasteiger partial charge in [0.2, 0.25) is 0 Å². The van der Waals surface area contributed by atoms with E-state index in [0.29, 0.717) is 5.52 Å². The molecule has 1 heterocycles. The summed E-state index contributed by atoms with van der Waals surface area (Å²) >= 11 is 2.08. The van der Waals surface area contributed by atoms with E-state index in [1.807, 2.05) is 24.3 Å². The molecule has 0 bridgehead atoms. The number of hydrogen-bond donors (Lipinski definition) is 1. The molecule has 1 N–H and O–H groups in total. The maximum Gasteiger partial charge on any atom is 0.155 e. The fourth-order valence-electron chi connectivity index (χ4n) is 1.11. The van der Waals surface area contributed by atoms with Crippen LogP contribution in [0.1, 0.15) is 0 Å². The van der Waals surface area contributed by atoms with Gasteiger partial charge in [-0.15, -0.1) is 0 Å². The first-order valence-electron chi connectivity index (χ1n) is 3.51. The molecular weight excluding hydrogens is 261 g/mol. The van der Waals surface area contributed by atoms with Crippen molar-refractivity contribution in [3.8, 4) is 5.75 Å². The van der Waals surface area contributed by atoms with E-state index in [0.717, 1.165) is 8.96 Å². The molecule has 60 valence electrons. The highest BCUT2D eigenvalue weighted by Crippen LogP contribution is 2.27. The third-order valence-corrected chi connectivity index (χ3v) is 2.57. The SMILES string of the molecule is Oc1c([123I])ccc2cccnc12. The van der Waals surface area contributed by atoms with Gasteiger partial charge in [-0.05, 0) is 34.7 Å². The van der Waals surface area contributed by atoms with E-state index in [9.17, 15) is 5.11 Å². The molecule has 0 aliphatic rings. The highest BCUT2D eigenvalue weighted by Gasteiger charge is 2.02. The molecule has 2 nitrogen and oxygen atoms in total. The van der Waals surface area contributed by atoms with Gasteiger partial charge in [-0.2, -0.15) is 0 Å². The van der Waals surface area contributed by atoms with Crippen LogP contribution in [0.15, 0.2) is 30.5 Å². The lowest BCUT2D eigenvalue weighted by molar-refractivity contribution is 0.476. The molecule has 0 saturated carbocycles. The summed E-state index contributed by atoms with van der Waals surface area (Å²) in [7, 11) is 0. The Morgan fingerprint density at radius 2 is 2.08 bits per heavy atom. The lowest BCUT2D eigenvalue weighted by atomic mass is 10.2. The molecule has 12 heavy (non-hydrogen) atoms. The molecule has 0 radical (unpaired) electrons. The number of aromatic nitrogens is 1. The molecule has 0 unspecified atom stereocenters. The number of halogens is 1. The van der Waals surface area contributed by atoms with Crippen molar-refractivity contribution in [3.63, 3.8) is 0 Å². The van der Waals surface area contributed by atoms with Gasteiger partial charge >= 0.3 is 0 Å². The minimum absolute atomic E-state index is 0.272. The van der Waals surface area contributed by atoms with Crippen LogP contribution >= 0.6 is 22.6 Å². The predicted molar refractivity (Wildman–Crippen MR) is 56.1 cm³/mol. The minimum atomic E-state index is 0.272. The first-order chi connectivity index (χ1) is 5.79. The number of fused-ring (bicyclic) bond motifs is 1. The Labute approximate surface area is 83.4 Å². The van der Waals surface area contributed by atoms with Crippen LogP contribution in [0.2, 0.25) is 0 Å². The van der Waals surface area contributed by atoms with Crippen LogP contribution in [0.4, 0.5) is 0 Å². The second-order valence-electron chi connectivity index (χ2n) is 2.47. The Hall–Kier alpha value is -0.840. The second-order valence-corrected chi connectivity index (χ2v) is 3.63. The highest BCUT2D eigenvalue weighted by atomic mass is 123. The van der Waals surface area contributed by atoms with Crippen molar-refractivity contribution in [2.45, 2.75) is 0 Å². The van der Waals surface area contributed by atoms with Crippen molar-refractivity contribution in [3.05, 3.63) is 34.0 Å². The molecule has 2 rings (SSSR count). The van der Waals surface area contributed by atoms with E-state index in [2.05, 4.69) is 27.6 Å². The topological polar surface area (TPSA) is 33.1 Å². The summed E-state index contributed by atoms with van der Waals surface area (Å²) in [6, 6.07) is 7.61. The molecule has 0 saturated heterocycles. The summed E-state index contributed by atoms with van der Waals surface area (Å²) in [6.07, 6.45) is 1.68. The number of hydrogen-bond acceptors (Lipinski definition) is 2. The van der Waals surface area contributed by atoms with E-state index in [4.69, 9.17) is 0 Å². The molecular formula is C9H6INO. The van der Waals surface area contributed by atoms with Gasteiger partial charge in [0.1, 0.15) is 5.52 Å². The first-order valence-corrected chi connectivity index (χ1v) is 4.59. The fraction of sp³-hybridized carbons (Fsp3) is 0. The number of nitrogens with zero attached hydrogens (tertiary/aromatic N) is 1. The molecule has 0 aliphatic carbocycles. The number of benzene rings is 1. The Morgan fingerprint density at radius 3 is 2.92 bits per heavy atom. The van der Waals surface area contributed by atoms with Gasteiger partial charge in [0.15, 0.2) is 5.75 Å². The third-order valence-electron chi connectivity index (χ3n) is 1.70. The summed E-state index contributed by atoms with van der Waals surface area (Å²) in [5.74, 6) is 0.272. The Morgan fingerprint density at radius 1 is 1.25 bits per heavy atom. The smallest absolute Gasteiger partial charge is 0.155 e. The zero-order valence-electron chi connectivity index (χ0n) is 6.16. The zero-order valence-corrected chi connectivity index (χ0v) is 8.32. The molecule has 0 amide bonds. The Balaban J connectivity index is 2.91.